The molecule has 4 nitrogen and oxygen atoms in total. The summed E-state index contributed by atoms with van der Waals surface area (Å²) >= 11 is 0. The molecule has 6 unspecified atom stereocenters. The molecule has 13 rings (SSSR count). The highest BCUT2D eigenvalue weighted by atomic mass is 16.5. The van der Waals surface area contributed by atoms with Gasteiger partial charge in [0.15, 0.2) is 0 Å². The van der Waals surface area contributed by atoms with Crippen LogP contribution in [0, 0.1) is 17.3 Å². The Morgan fingerprint density at radius 1 is 0.300 bits per heavy atom. The van der Waals surface area contributed by atoms with Crippen LogP contribution in [0.15, 0.2) is 352 Å². The molecule has 0 saturated heterocycles. The van der Waals surface area contributed by atoms with Gasteiger partial charge < -0.3 is 18.9 Å². The zero-order valence-corrected chi connectivity index (χ0v) is 50.9. The summed E-state index contributed by atoms with van der Waals surface area (Å²) in [6.45, 7) is 4.56. The van der Waals surface area contributed by atoms with Crippen LogP contribution in [0.25, 0.3) is 0 Å². The van der Waals surface area contributed by atoms with E-state index in [0.29, 0.717) is 5.92 Å². The number of hydrogen-bond donors (Lipinski definition) is 0. The van der Waals surface area contributed by atoms with Crippen molar-refractivity contribution in [2.45, 2.75) is 56.5 Å². The number of rotatable bonds is 22. The third kappa shape index (κ3) is 13.6. The molecule has 0 N–H and O–H groups in total. The van der Waals surface area contributed by atoms with Crippen molar-refractivity contribution < 1.29 is 18.9 Å². The van der Waals surface area contributed by atoms with Crippen molar-refractivity contribution in [3.63, 3.8) is 0 Å². The van der Waals surface area contributed by atoms with Crippen molar-refractivity contribution in [3.05, 3.63) is 419 Å². The summed E-state index contributed by atoms with van der Waals surface area (Å²) in [6.07, 6.45) is 17.6. The van der Waals surface area contributed by atoms with Gasteiger partial charge in [0.25, 0.3) is 0 Å². The molecule has 11 aromatic carbocycles. The smallest absolute Gasteiger partial charge is 0.149 e. The maximum atomic E-state index is 7.06. The molecule has 0 bridgehead atoms. The highest BCUT2D eigenvalue weighted by Crippen LogP contribution is 2.45. The van der Waals surface area contributed by atoms with E-state index in [2.05, 4.69) is 342 Å². The van der Waals surface area contributed by atoms with Crippen molar-refractivity contribution in [2.24, 2.45) is 17.3 Å². The number of allylic oxidation sites excluding steroid dienone is 6. The minimum Gasteiger partial charge on any atom is -0.485 e. The summed E-state index contributed by atoms with van der Waals surface area (Å²) in [5.74, 6) is 3.48. The second kappa shape index (κ2) is 27.7. The largest absolute Gasteiger partial charge is 0.485 e. The summed E-state index contributed by atoms with van der Waals surface area (Å²) in [5, 5.41) is 0. The van der Waals surface area contributed by atoms with Crippen molar-refractivity contribution in [2.75, 3.05) is 0 Å². The van der Waals surface area contributed by atoms with E-state index in [4.69, 9.17) is 18.9 Å². The molecule has 0 heterocycles. The molecule has 442 valence electrons. The van der Waals surface area contributed by atoms with Crippen LogP contribution in [0.2, 0.25) is 0 Å². The Morgan fingerprint density at radius 2 is 0.611 bits per heavy atom. The highest BCUT2D eigenvalue weighted by molar-refractivity contribution is 5.51. The molecular formula is C86H74O4. The number of ether oxygens (including phenoxy) is 4. The monoisotopic (exact) mass is 1170 g/mol. The molecule has 0 amide bonds. The molecule has 7 atom stereocenters. The van der Waals surface area contributed by atoms with Gasteiger partial charge in [-0.25, -0.2) is 0 Å². The molecule has 2 aliphatic rings. The summed E-state index contributed by atoms with van der Waals surface area (Å²) < 4.78 is 27.9. The standard InChI is InChI=1S/C86H74O4/c1-62-26-22-23-39-79(62)84(73-35-18-7-19-36-73)89-77-56-48-67(49-57-77)80(65-44-52-75(53-45-65)87-82(69-27-10-3-11-28-69)70-29-12-4-13-30-70)63-40-42-64(43-41-63)81(66-46-54-76(55-47-66)88-83(71-31-14-5-15-32-71)72-33-16-6-17-34-72)68-50-58-78(59-51-68)90-85(74-37-20-8-21-38-74)86(2)60-24-9-25-61-86/h3-60,62,79-85H,61H2,1-2H3/t62?,79-,80?,81?,84?,85?,86?/m0/s1. The van der Waals surface area contributed by atoms with E-state index in [9.17, 15) is 0 Å². The van der Waals surface area contributed by atoms with E-state index in [0.717, 1.165) is 96.2 Å². The third-order valence-corrected chi connectivity index (χ3v) is 17.8. The van der Waals surface area contributed by atoms with Crippen molar-refractivity contribution in [3.8, 4) is 23.0 Å². The SMILES string of the molecule is CC1C=CC=C[C@@H]1C(Oc1ccc(C(c2ccc(OC(c3ccccc3)c3ccccc3)cc2)c2ccc(C(c3ccc(OC(c4ccccc4)c4ccccc4)cc3)c3ccc(OC(c4ccccc4)C4(C)C=CC=CC4)cc3)cc2)cc1)c1ccccc1. The minimum absolute atomic E-state index is 0.125. The maximum Gasteiger partial charge on any atom is 0.149 e. The van der Waals surface area contributed by atoms with Gasteiger partial charge in [-0.15, -0.1) is 0 Å². The molecule has 0 aliphatic heterocycles. The Hall–Kier alpha value is -10.4. The highest BCUT2D eigenvalue weighted by Gasteiger charge is 2.35. The zero-order chi connectivity index (χ0) is 60.9. The lowest BCUT2D eigenvalue weighted by Crippen LogP contribution is -2.28. The number of hydrogen-bond acceptors (Lipinski definition) is 4. The topological polar surface area (TPSA) is 36.9 Å². The molecular weight excluding hydrogens is 1100 g/mol. The van der Waals surface area contributed by atoms with Gasteiger partial charge in [0.1, 0.15) is 47.4 Å². The van der Waals surface area contributed by atoms with E-state index in [-0.39, 0.29) is 47.6 Å². The van der Waals surface area contributed by atoms with E-state index >= 15 is 0 Å². The van der Waals surface area contributed by atoms with Crippen LogP contribution in [-0.2, 0) is 0 Å². The second-order valence-corrected chi connectivity index (χ2v) is 24.0. The molecule has 4 heteroatoms. The fourth-order valence-electron chi connectivity index (χ4n) is 13.0. The van der Waals surface area contributed by atoms with Crippen LogP contribution in [0.3, 0.4) is 0 Å². The zero-order valence-electron chi connectivity index (χ0n) is 50.9. The van der Waals surface area contributed by atoms with Gasteiger partial charge in [0, 0.05) is 23.2 Å². The normalized spacial score (nSPS) is 17.3. The van der Waals surface area contributed by atoms with Gasteiger partial charge in [-0.05, 0) is 128 Å². The van der Waals surface area contributed by atoms with Crippen molar-refractivity contribution >= 4 is 0 Å². The first kappa shape index (κ1) is 58.6. The molecule has 0 spiro atoms. The van der Waals surface area contributed by atoms with E-state index < -0.39 is 0 Å². The molecule has 0 fully saturated rings. The quantitative estimate of drug-likeness (QED) is 0.0634. The van der Waals surface area contributed by atoms with Gasteiger partial charge in [-0.1, -0.05) is 317 Å². The first-order valence-electron chi connectivity index (χ1n) is 31.5. The average Bonchev–Trinajstić information content (AvgIpc) is 1.40. The Morgan fingerprint density at radius 3 is 0.956 bits per heavy atom. The molecule has 0 aromatic heterocycles. The molecule has 2 aliphatic carbocycles. The Bertz CT molecular complexity index is 4070. The Balaban J connectivity index is 0.856. The summed E-state index contributed by atoms with van der Waals surface area (Å²) in [6, 6.07) is 107. The van der Waals surface area contributed by atoms with Crippen molar-refractivity contribution in [1.82, 2.24) is 0 Å². The fourth-order valence-corrected chi connectivity index (χ4v) is 13.0. The first-order valence-corrected chi connectivity index (χ1v) is 31.5. The predicted octanol–water partition coefficient (Wildman–Crippen LogP) is 21.5. The molecule has 0 radical (unpaired) electrons. The summed E-state index contributed by atoms with van der Waals surface area (Å²) in [4.78, 5) is 0. The van der Waals surface area contributed by atoms with E-state index in [1.165, 1.54) is 0 Å². The van der Waals surface area contributed by atoms with Crippen LogP contribution in [-0.4, -0.2) is 0 Å². The van der Waals surface area contributed by atoms with Gasteiger partial charge >= 0.3 is 0 Å². The van der Waals surface area contributed by atoms with E-state index in [1.54, 1.807) is 0 Å². The summed E-state index contributed by atoms with van der Waals surface area (Å²) in [7, 11) is 0. The van der Waals surface area contributed by atoms with Gasteiger partial charge in [0.05, 0.1) is 0 Å². The van der Waals surface area contributed by atoms with E-state index in [1.807, 2.05) is 24.3 Å². The van der Waals surface area contributed by atoms with Gasteiger partial charge in [-0.3, -0.25) is 0 Å². The lowest BCUT2D eigenvalue weighted by Gasteiger charge is -2.36. The number of benzene rings is 11. The predicted molar refractivity (Wildman–Crippen MR) is 366 cm³/mol. The lowest BCUT2D eigenvalue weighted by atomic mass is 9.76. The summed E-state index contributed by atoms with van der Waals surface area (Å²) in [5.41, 5.74) is 13.3. The Labute approximate surface area is 531 Å². The van der Waals surface area contributed by atoms with Crippen LogP contribution in [0.5, 0.6) is 23.0 Å². The minimum atomic E-state index is -0.274. The average molecular weight is 1170 g/mol. The molecule has 90 heavy (non-hydrogen) atoms. The molecule has 0 saturated carbocycles. The first-order chi connectivity index (χ1) is 44.4. The lowest BCUT2D eigenvalue weighted by molar-refractivity contribution is 0.0952. The van der Waals surface area contributed by atoms with Crippen LogP contribution in [0.1, 0.15) is 123 Å². The van der Waals surface area contributed by atoms with Gasteiger partial charge in [0.2, 0.25) is 0 Å². The van der Waals surface area contributed by atoms with Crippen molar-refractivity contribution in [1.29, 1.82) is 0 Å². The fraction of sp³-hybridized carbons (Fsp3) is 0.140. The van der Waals surface area contributed by atoms with Gasteiger partial charge in [-0.2, -0.15) is 0 Å². The van der Waals surface area contributed by atoms with Crippen LogP contribution < -0.4 is 18.9 Å². The van der Waals surface area contributed by atoms with Crippen LogP contribution >= 0.6 is 0 Å². The third-order valence-electron chi connectivity index (χ3n) is 17.8. The van der Waals surface area contributed by atoms with Crippen LogP contribution in [0.4, 0.5) is 0 Å². The molecule has 11 aromatic rings. The maximum absolute atomic E-state index is 7.06. The second-order valence-electron chi connectivity index (χ2n) is 24.0. The Kier molecular flexibility index (Phi) is 18.1.